The highest BCUT2D eigenvalue weighted by Gasteiger charge is 2.40. The number of aromatic nitrogens is 1. The van der Waals surface area contributed by atoms with Gasteiger partial charge >= 0.3 is 0 Å². The summed E-state index contributed by atoms with van der Waals surface area (Å²) in [4.78, 5) is 22.0. The van der Waals surface area contributed by atoms with Gasteiger partial charge in [0.15, 0.2) is 11.5 Å². The average Bonchev–Trinajstić information content (AvgIpc) is 3.00. The molecule has 3 fully saturated rings. The van der Waals surface area contributed by atoms with E-state index in [2.05, 4.69) is 26.9 Å². The Hall–Kier alpha value is -2.60. The SMILES string of the molecule is COc1ccnc(CN2C[C@@H]3CC[C@H](C2)N(Cc2ccccc2)C3=O)c1OC. The second-order valence-electron chi connectivity index (χ2n) is 7.57. The summed E-state index contributed by atoms with van der Waals surface area (Å²) in [6.45, 7) is 2.97. The Morgan fingerprint density at radius 3 is 2.61 bits per heavy atom. The van der Waals surface area contributed by atoms with E-state index in [0.717, 1.165) is 31.6 Å². The van der Waals surface area contributed by atoms with Gasteiger partial charge in [0.25, 0.3) is 0 Å². The Morgan fingerprint density at radius 2 is 1.86 bits per heavy atom. The van der Waals surface area contributed by atoms with E-state index in [0.29, 0.717) is 24.6 Å². The van der Waals surface area contributed by atoms with Crippen molar-refractivity contribution in [3.8, 4) is 11.5 Å². The van der Waals surface area contributed by atoms with Crippen molar-refractivity contribution in [3.05, 3.63) is 53.9 Å². The number of fused-ring (bicyclic) bond motifs is 4. The molecule has 4 heterocycles. The number of nitrogens with zero attached hydrogens (tertiary/aromatic N) is 3. The monoisotopic (exact) mass is 381 g/mol. The van der Waals surface area contributed by atoms with Crippen LogP contribution in [0.1, 0.15) is 24.1 Å². The van der Waals surface area contributed by atoms with Crippen molar-refractivity contribution >= 4 is 5.91 Å². The van der Waals surface area contributed by atoms with Gasteiger partial charge in [0.1, 0.15) is 5.69 Å². The van der Waals surface area contributed by atoms with Crippen LogP contribution in [0.2, 0.25) is 0 Å². The van der Waals surface area contributed by atoms with Gasteiger partial charge in [-0.05, 0) is 18.4 Å². The molecule has 148 valence electrons. The zero-order chi connectivity index (χ0) is 19.5. The fourth-order valence-electron chi connectivity index (χ4n) is 4.42. The van der Waals surface area contributed by atoms with Crippen LogP contribution >= 0.6 is 0 Å². The first-order valence-corrected chi connectivity index (χ1v) is 9.82. The molecule has 1 aromatic heterocycles. The average molecular weight is 381 g/mol. The van der Waals surface area contributed by atoms with Gasteiger partial charge in [-0.25, -0.2) is 0 Å². The minimum absolute atomic E-state index is 0.0547. The molecule has 0 aliphatic carbocycles. The minimum Gasteiger partial charge on any atom is -0.493 e. The summed E-state index contributed by atoms with van der Waals surface area (Å²) < 4.78 is 10.9. The van der Waals surface area contributed by atoms with Crippen LogP contribution in [0.15, 0.2) is 42.6 Å². The molecule has 0 unspecified atom stereocenters. The van der Waals surface area contributed by atoms with Gasteiger partial charge in [0.05, 0.1) is 20.1 Å². The highest BCUT2D eigenvalue weighted by molar-refractivity contribution is 5.80. The Morgan fingerprint density at radius 1 is 1.04 bits per heavy atom. The van der Waals surface area contributed by atoms with Crippen LogP contribution in [0.25, 0.3) is 0 Å². The van der Waals surface area contributed by atoms with E-state index < -0.39 is 0 Å². The molecular weight excluding hydrogens is 354 g/mol. The normalized spacial score (nSPS) is 22.2. The minimum atomic E-state index is 0.0547. The molecule has 2 atom stereocenters. The fraction of sp³-hybridized carbons (Fsp3) is 0.455. The topological polar surface area (TPSA) is 54.9 Å². The predicted octanol–water partition coefficient (Wildman–Crippen LogP) is 2.72. The molecule has 28 heavy (non-hydrogen) atoms. The van der Waals surface area contributed by atoms with Crippen LogP contribution in [0.5, 0.6) is 11.5 Å². The summed E-state index contributed by atoms with van der Waals surface area (Å²) >= 11 is 0. The summed E-state index contributed by atoms with van der Waals surface area (Å²) in [5, 5.41) is 0. The number of pyridine rings is 1. The third kappa shape index (κ3) is 3.69. The fourth-order valence-corrected chi connectivity index (χ4v) is 4.42. The number of ether oxygens (including phenoxy) is 2. The molecule has 1 aromatic carbocycles. The van der Waals surface area contributed by atoms with Crippen molar-refractivity contribution in [3.63, 3.8) is 0 Å². The van der Waals surface area contributed by atoms with Crippen molar-refractivity contribution in [2.45, 2.75) is 32.0 Å². The quantitative estimate of drug-likeness (QED) is 0.770. The van der Waals surface area contributed by atoms with Gasteiger partial charge in [-0.2, -0.15) is 0 Å². The summed E-state index contributed by atoms with van der Waals surface area (Å²) in [5.74, 6) is 1.70. The zero-order valence-electron chi connectivity index (χ0n) is 16.5. The molecule has 2 bridgehead atoms. The van der Waals surface area contributed by atoms with E-state index in [4.69, 9.17) is 9.47 Å². The second kappa shape index (κ2) is 8.19. The molecular formula is C22H27N3O3. The third-order valence-corrected chi connectivity index (χ3v) is 5.80. The van der Waals surface area contributed by atoms with E-state index in [9.17, 15) is 4.79 Å². The number of amides is 1. The van der Waals surface area contributed by atoms with Crippen LogP contribution in [0.4, 0.5) is 0 Å². The highest BCUT2D eigenvalue weighted by Crippen LogP contribution is 2.34. The number of benzene rings is 1. The molecule has 1 amide bonds. The van der Waals surface area contributed by atoms with Gasteiger partial charge in [0.2, 0.25) is 5.91 Å². The number of rotatable bonds is 6. The molecule has 5 rings (SSSR count). The number of methoxy groups -OCH3 is 2. The summed E-state index contributed by atoms with van der Waals surface area (Å²) in [5.41, 5.74) is 2.04. The summed E-state index contributed by atoms with van der Waals surface area (Å²) in [7, 11) is 3.27. The Kier molecular flexibility index (Phi) is 5.48. The largest absolute Gasteiger partial charge is 0.493 e. The van der Waals surface area contributed by atoms with Crippen LogP contribution in [0, 0.1) is 5.92 Å². The number of hydrogen-bond acceptors (Lipinski definition) is 5. The number of hydrogen-bond donors (Lipinski definition) is 0. The first-order valence-electron chi connectivity index (χ1n) is 9.82. The maximum atomic E-state index is 13.1. The van der Waals surface area contributed by atoms with Crippen molar-refractivity contribution < 1.29 is 14.3 Å². The molecule has 3 saturated heterocycles. The van der Waals surface area contributed by atoms with Crippen molar-refractivity contribution in [2.75, 3.05) is 27.3 Å². The van der Waals surface area contributed by atoms with E-state index in [1.54, 1.807) is 26.5 Å². The number of piperidine rings is 1. The van der Waals surface area contributed by atoms with Crippen LogP contribution in [0.3, 0.4) is 0 Å². The molecule has 6 heteroatoms. The van der Waals surface area contributed by atoms with Gasteiger partial charge < -0.3 is 14.4 Å². The van der Waals surface area contributed by atoms with E-state index in [1.807, 2.05) is 18.2 Å². The maximum absolute atomic E-state index is 13.1. The Balaban J connectivity index is 1.53. The standard InChI is InChI=1S/C22H27N3O3/c1-27-20-10-11-23-19(21(20)28-2)15-24-13-17-8-9-18(14-24)25(22(17)26)12-16-6-4-3-5-7-16/h3-7,10-11,17-18H,8-9,12-15H2,1-2H3/t17-,18+/m0/s1. The molecule has 0 N–H and O–H groups in total. The third-order valence-electron chi connectivity index (χ3n) is 5.80. The van der Waals surface area contributed by atoms with E-state index in [-0.39, 0.29) is 17.9 Å². The lowest BCUT2D eigenvalue weighted by Crippen LogP contribution is -2.47. The Labute approximate surface area is 166 Å². The van der Waals surface area contributed by atoms with Gasteiger partial charge in [-0.15, -0.1) is 0 Å². The van der Waals surface area contributed by atoms with E-state index >= 15 is 0 Å². The molecule has 0 saturated carbocycles. The molecule has 2 aromatic rings. The van der Waals surface area contributed by atoms with Crippen molar-refractivity contribution in [2.24, 2.45) is 5.92 Å². The lowest BCUT2D eigenvalue weighted by molar-refractivity contribution is -0.140. The lowest BCUT2D eigenvalue weighted by atomic mass is 9.93. The molecule has 0 radical (unpaired) electrons. The molecule has 3 aliphatic heterocycles. The summed E-state index contributed by atoms with van der Waals surface area (Å²) in [6, 6.07) is 12.3. The summed E-state index contributed by atoms with van der Waals surface area (Å²) in [6.07, 6.45) is 3.77. The van der Waals surface area contributed by atoms with Gasteiger partial charge in [-0.3, -0.25) is 14.7 Å². The van der Waals surface area contributed by atoms with Crippen molar-refractivity contribution in [1.82, 2.24) is 14.8 Å². The van der Waals surface area contributed by atoms with Gasteiger partial charge in [0, 0.05) is 44.5 Å². The van der Waals surface area contributed by atoms with Crippen LogP contribution in [-0.4, -0.2) is 54.0 Å². The van der Waals surface area contributed by atoms with E-state index in [1.165, 1.54) is 5.56 Å². The van der Waals surface area contributed by atoms with Crippen molar-refractivity contribution in [1.29, 1.82) is 0 Å². The first kappa shape index (κ1) is 18.7. The van der Waals surface area contributed by atoms with Crippen LogP contribution in [-0.2, 0) is 17.9 Å². The lowest BCUT2D eigenvalue weighted by Gasteiger charge is -2.36. The number of carbonyl (C=O) groups excluding carboxylic acids is 1. The molecule has 6 nitrogen and oxygen atoms in total. The molecule has 3 aliphatic rings. The molecule has 0 spiro atoms. The second-order valence-corrected chi connectivity index (χ2v) is 7.57. The van der Waals surface area contributed by atoms with Gasteiger partial charge in [-0.1, -0.05) is 30.3 Å². The maximum Gasteiger partial charge on any atom is 0.227 e. The first-order chi connectivity index (χ1) is 13.7. The zero-order valence-corrected chi connectivity index (χ0v) is 16.5. The number of carbonyl (C=O) groups is 1. The highest BCUT2D eigenvalue weighted by atomic mass is 16.5. The Bertz CT molecular complexity index is 827. The smallest absolute Gasteiger partial charge is 0.227 e. The predicted molar refractivity (Wildman–Crippen MR) is 106 cm³/mol. The van der Waals surface area contributed by atoms with Crippen LogP contribution < -0.4 is 9.47 Å².